The molecule has 0 atom stereocenters. The van der Waals surface area contributed by atoms with Crippen LogP contribution in [-0.4, -0.2) is 8.80 Å². The van der Waals surface area contributed by atoms with Gasteiger partial charge in [0.05, 0.1) is 0 Å². The molecule has 1 aromatic carbocycles. The summed E-state index contributed by atoms with van der Waals surface area (Å²) in [5.74, 6) is 1.90. The van der Waals surface area contributed by atoms with Crippen LogP contribution in [0.1, 0.15) is 83.1 Å². The number of benzene rings is 1. The van der Waals surface area contributed by atoms with Crippen molar-refractivity contribution in [2.24, 2.45) is 11.8 Å². The Labute approximate surface area is 162 Å². The quantitative estimate of drug-likeness (QED) is 0.326. The molecule has 2 aliphatic rings. The molecule has 1 aliphatic heterocycles. The maximum Gasteiger partial charge on any atom is 0.123 e. The lowest BCUT2D eigenvalue weighted by Crippen LogP contribution is -2.29. The summed E-state index contributed by atoms with van der Waals surface area (Å²) in [5, 5.41) is 0. The molecule has 2 fully saturated rings. The predicted molar refractivity (Wildman–Crippen MR) is 114 cm³/mol. The summed E-state index contributed by atoms with van der Waals surface area (Å²) in [6.45, 7) is 2.32. The lowest BCUT2D eigenvalue weighted by atomic mass is 9.85. The molecule has 0 N–H and O–H groups in total. The monoisotopic (exact) mass is 374 g/mol. The smallest absolute Gasteiger partial charge is 0.123 e. The van der Waals surface area contributed by atoms with Gasteiger partial charge in [-0.1, -0.05) is 95.4 Å². The van der Waals surface area contributed by atoms with Crippen molar-refractivity contribution in [3.8, 4) is 0 Å². The molecule has 0 nitrogen and oxygen atoms in total. The molecule has 0 aromatic heterocycles. The van der Waals surface area contributed by atoms with Gasteiger partial charge >= 0.3 is 0 Å². The Morgan fingerprint density at radius 3 is 2.15 bits per heavy atom. The van der Waals surface area contributed by atoms with Crippen LogP contribution >= 0.6 is 0 Å². The van der Waals surface area contributed by atoms with Gasteiger partial charge in [0.15, 0.2) is 0 Å². The summed E-state index contributed by atoms with van der Waals surface area (Å²) in [4.78, 5) is 0. The molecule has 0 radical (unpaired) electrons. The van der Waals surface area contributed by atoms with E-state index >= 15 is 0 Å². The number of hydrogen-bond acceptors (Lipinski definition) is 0. The zero-order chi connectivity index (χ0) is 18.2. The number of halogens is 1. The molecule has 0 bridgehead atoms. The van der Waals surface area contributed by atoms with E-state index in [1.165, 1.54) is 56.1 Å². The van der Waals surface area contributed by atoms with Gasteiger partial charge in [-0.3, -0.25) is 0 Å². The molecule has 1 heterocycles. The summed E-state index contributed by atoms with van der Waals surface area (Å²) < 4.78 is 13.0. The second kappa shape index (κ2) is 10.6. The minimum absolute atomic E-state index is 0.111. The Morgan fingerprint density at radius 1 is 0.846 bits per heavy atom. The summed E-state index contributed by atoms with van der Waals surface area (Å²) in [7, 11) is -0.462. The fourth-order valence-corrected chi connectivity index (χ4v) is 9.96. The molecule has 1 saturated heterocycles. The van der Waals surface area contributed by atoms with Gasteiger partial charge in [0.2, 0.25) is 0 Å². The Hall–Kier alpha value is -0.633. The first-order valence-electron chi connectivity index (χ1n) is 11.5. The third-order valence-corrected chi connectivity index (χ3v) is 11.6. The third kappa shape index (κ3) is 6.22. The number of unbranched alkanes of at least 4 members (excludes halogenated alkanes) is 2. The van der Waals surface area contributed by atoms with E-state index in [-0.39, 0.29) is 5.82 Å². The van der Waals surface area contributed by atoms with Crippen LogP contribution in [0, 0.1) is 17.7 Å². The van der Waals surface area contributed by atoms with Crippen LogP contribution in [0.5, 0.6) is 0 Å². The maximum absolute atomic E-state index is 13.0. The van der Waals surface area contributed by atoms with Gasteiger partial charge in [-0.2, -0.15) is 0 Å². The molecule has 0 unspecified atom stereocenters. The SMILES string of the molecule is CCCCC[C@H]1CC[C@H]([Si@H]2CC[C@H](CCc3ccc(F)cc3)CC2)CC1. The van der Waals surface area contributed by atoms with Crippen LogP contribution in [0.3, 0.4) is 0 Å². The van der Waals surface area contributed by atoms with Crippen LogP contribution in [0.25, 0.3) is 0 Å². The first kappa shape index (κ1) is 20.1. The zero-order valence-corrected chi connectivity index (χ0v) is 18.1. The summed E-state index contributed by atoms with van der Waals surface area (Å²) in [5.41, 5.74) is 2.49. The third-order valence-electron chi connectivity index (χ3n) is 7.42. The van der Waals surface area contributed by atoms with Crippen molar-refractivity contribution in [3.05, 3.63) is 35.6 Å². The molecule has 2 heteroatoms. The Kier molecular flexibility index (Phi) is 8.23. The lowest BCUT2D eigenvalue weighted by Gasteiger charge is -2.37. The minimum atomic E-state index is -0.462. The van der Waals surface area contributed by atoms with Gasteiger partial charge in [0, 0.05) is 8.80 Å². The molecule has 3 rings (SSSR count). The van der Waals surface area contributed by atoms with E-state index in [1.807, 2.05) is 12.1 Å². The van der Waals surface area contributed by atoms with Gasteiger partial charge < -0.3 is 0 Å². The van der Waals surface area contributed by atoms with Gasteiger partial charge in [-0.05, 0) is 47.9 Å². The average Bonchev–Trinajstić information content (AvgIpc) is 2.69. The van der Waals surface area contributed by atoms with Crippen molar-refractivity contribution < 1.29 is 4.39 Å². The van der Waals surface area contributed by atoms with Crippen molar-refractivity contribution in [1.29, 1.82) is 0 Å². The molecule has 1 saturated carbocycles. The topological polar surface area (TPSA) is 0 Å². The molecule has 0 spiro atoms. The highest BCUT2D eigenvalue weighted by Crippen LogP contribution is 2.42. The largest absolute Gasteiger partial charge is 0.207 e. The molecular formula is C24H39FSi. The van der Waals surface area contributed by atoms with E-state index in [9.17, 15) is 4.39 Å². The Balaban J connectivity index is 1.32. The fraction of sp³-hybridized carbons (Fsp3) is 0.750. The summed E-state index contributed by atoms with van der Waals surface area (Å²) in [6.07, 6.45) is 17.5. The number of hydrogen-bond donors (Lipinski definition) is 0. The van der Waals surface area contributed by atoms with Crippen molar-refractivity contribution in [1.82, 2.24) is 0 Å². The summed E-state index contributed by atoms with van der Waals surface area (Å²) in [6, 6.07) is 10.4. The van der Waals surface area contributed by atoms with E-state index in [1.54, 1.807) is 49.9 Å². The lowest BCUT2D eigenvalue weighted by molar-refractivity contribution is 0.323. The fourth-order valence-electron chi connectivity index (χ4n) is 5.60. The normalized spacial score (nSPS) is 29.6. The van der Waals surface area contributed by atoms with E-state index < -0.39 is 8.80 Å². The highest BCUT2D eigenvalue weighted by Gasteiger charge is 2.31. The van der Waals surface area contributed by atoms with E-state index in [4.69, 9.17) is 0 Å². The van der Waals surface area contributed by atoms with Gasteiger partial charge in [0.1, 0.15) is 5.82 Å². The molecule has 1 aliphatic carbocycles. The van der Waals surface area contributed by atoms with Gasteiger partial charge in [0.25, 0.3) is 0 Å². The number of aryl methyl sites for hydroxylation is 1. The predicted octanol–water partition coefficient (Wildman–Crippen LogP) is 7.54. The van der Waals surface area contributed by atoms with Crippen LogP contribution in [-0.2, 0) is 6.42 Å². The average molecular weight is 375 g/mol. The van der Waals surface area contributed by atoms with Crippen molar-refractivity contribution in [3.63, 3.8) is 0 Å². The molecule has 0 amide bonds. The van der Waals surface area contributed by atoms with Crippen molar-refractivity contribution in [2.75, 3.05) is 0 Å². The molecular weight excluding hydrogens is 335 g/mol. The first-order chi connectivity index (χ1) is 12.7. The Bertz CT molecular complexity index is 495. The Morgan fingerprint density at radius 2 is 1.50 bits per heavy atom. The summed E-state index contributed by atoms with van der Waals surface area (Å²) >= 11 is 0. The standard InChI is InChI=1S/C24H39FSi/c1-2-3-4-5-20-10-14-24(15-11-20)26-18-16-22(17-19-26)7-6-21-8-12-23(25)13-9-21/h8-9,12-13,20,22,24,26H,2-7,10-11,14-19H2,1H3/t20-,22-,24-,26-. The van der Waals surface area contributed by atoms with Gasteiger partial charge in [-0.15, -0.1) is 0 Å². The van der Waals surface area contributed by atoms with E-state index in [2.05, 4.69) is 6.92 Å². The van der Waals surface area contributed by atoms with Crippen LogP contribution in [0.2, 0.25) is 17.6 Å². The second-order valence-corrected chi connectivity index (χ2v) is 12.8. The zero-order valence-electron chi connectivity index (χ0n) is 16.9. The van der Waals surface area contributed by atoms with E-state index in [0.29, 0.717) is 0 Å². The highest BCUT2D eigenvalue weighted by atomic mass is 28.3. The van der Waals surface area contributed by atoms with Crippen LogP contribution in [0.4, 0.5) is 4.39 Å². The molecule has 26 heavy (non-hydrogen) atoms. The highest BCUT2D eigenvalue weighted by molar-refractivity contribution is 6.60. The minimum Gasteiger partial charge on any atom is -0.207 e. The van der Waals surface area contributed by atoms with E-state index in [0.717, 1.165) is 18.3 Å². The molecule has 1 aromatic rings. The maximum atomic E-state index is 13.0. The molecule has 146 valence electrons. The number of rotatable bonds is 8. The van der Waals surface area contributed by atoms with Gasteiger partial charge in [-0.25, -0.2) is 4.39 Å². The second-order valence-electron chi connectivity index (χ2n) is 9.22. The van der Waals surface area contributed by atoms with Crippen LogP contribution in [0.15, 0.2) is 24.3 Å². The van der Waals surface area contributed by atoms with Crippen LogP contribution < -0.4 is 0 Å². The first-order valence-corrected chi connectivity index (χ1v) is 13.8. The van der Waals surface area contributed by atoms with Crippen molar-refractivity contribution in [2.45, 2.75) is 102 Å². The van der Waals surface area contributed by atoms with Crippen molar-refractivity contribution >= 4 is 8.80 Å².